The number of hydrogen-bond acceptors (Lipinski definition) is 2. The lowest BCUT2D eigenvalue weighted by Crippen LogP contribution is -2.53. The number of hydrogen-bond donors (Lipinski definition) is 1. The summed E-state index contributed by atoms with van der Waals surface area (Å²) >= 11 is 0. The third kappa shape index (κ3) is 6.20. The van der Waals surface area contributed by atoms with E-state index in [0.717, 1.165) is 24.3 Å². The monoisotopic (exact) mass is 594 g/mol. The van der Waals surface area contributed by atoms with Gasteiger partial charge >= 0.3 is 30.4 Å². The van der Waals surface area contributed by atoms with E-state index in [9.17, 15) is 48.7 Å². The molecule has 1 heterocycles. The molecule has 2 amide bonds. The second-order valence-corrected chi connectivity index (χ2v) is 9.41. The van der Waals surface area contributed by atoms with E-state index in [1.54, 1.807) is 18.2 Å². The molecule has 220 valence electrons. The number of alkyl halides is 8. The first kappa shape index (κ1) is 30.0. The van der Waals surface area contributed by atoms with Crippen LogP contribution < -0.4 is 10.1 Å². The summed E-state index contributed by atoms with van der Waals surface area (Å²) in [4.78, 5) is 13.4. The van der Waals surface area contributed by atoms with Crippen molar-refractivity contribution in [3.05, 3.63) is 101 Å². The topological polar surface area (TPSA) is 41.6 Å². The minimum absolute atomic E-state index is 0.0639. The molecule has 1 atom stereocenters. The Bertz CT molecular complexity index is 1370. The van der Waals surface area contributed by atoms with Crippen molar-refractivity contribution in [2.45, 2.75) is 36.3 Å². The van der Waals surface area contributed by atoms with Gasteiger partial charge in [0, 0.05) is 12.5 Å². The van der Waals surface area contributed by atoms with Crippen LogP contribution in [0.1, 0.15) is 16.7 Å². The molecule has 3 aromatic carbocycles. The van der Waals surface area contributed by atoms with Gasteiger partial charge in [0.25, 0.3) is 0 Å². The number of halogens is 10. The summed E-state index contributed by atoms with van der Waals surface area (Å²) in [6, 6.07) is 12.1. The van der Waals surface area contributed by atoms with Crippen LogP contribution in [-0.2, 0) is 12.0 Å². The maximum atomic E-state index is 14.8. The van der Waals surface area contributed by atoms with Crippen molar-refractivity contribution >= 4 is 6.03 Å². The van der Waals surface area contributed by atoms with Crippen LogP contribution in [0.5, 0.6) is 5.75 Å². The summed E-state index contributed by atoms with van der Waals surface area (Å²) in [7, 11) is 0. The molecule has 1 fully saturated rings. The van der Waals surface area contributed by atoms with Crippen molar-refractivity contribution in [2.24, 2.45) is 0 Å². The standard InChI is InChI=1S/C27H20F10N2O2/c28-19-8-6-17(7-9-19)24(13-16-4-2-1-3-5-16,38-23(40)39-14-25(32,33)26(34,35)15-39)18-10-20(29)12-21(11-18)41-27(36,37)22(30)31/h1-12,22H,13-15H2,(H,38,40). The predicted molar refractivity (Wildman–Crippen MR) is 125 cm³/mol. The van der Waals surface area contributed by atoms with E-state index in [-0.39, 0.29) is 16.9 Å². The van der Waals surface area contributed by atoms with Gasteiger partial charge in [-0.3, -0.25) is 0 Å². The number of urea groups is 1. The first-order chi connectivity index (χ1) is 19.0. The van der Waals surface area contributed by atoms with Crippen molar-refractivity contribution in [1.29, 1.82) is 0 Å². The Balaban J connectivity index is 1.90. The molecule has 1 unspecified atom stereocenters. The highest BCUT2D eigenvalue weighted by Crippen LogP contribution is 2.42. The first-order valence-electron chi connectivity index (χ1n) is 11.8. The second-order valence-electron chi connectivity index (χ2n) is 9.41. The van der Waals surface area contributed by atoms with Crippen LogP contribution in [0.15, 0.2) is 72.8 Å². The minimum atomic E-state index is -5.06. The summed E-state index contributed by atoms with van der Waals surface area (Å²) in [5, 5.41) is 2.33. The quantitative estimate of drug-likeness (QED) is 0.286. The van der Waals surface area contributed by atoms with Crippen LogP contribution in [-0.4, -0.2) is 48.4 Å². The van der Waals surface area contributed by atoms with E-state index >= 15 is 0 Å². The van der Waals surface area contributed by atoms with Gasteiger partial charge in [0.1, 0.15) is 17.4 Å². The van der Waals surface area contributed by atoms with Crippen LogP contribution in [0.4, 0.5) is 48.7 Å². The Morgan fingerprint density at radius 1 is 0.854 bits per heavy atom. The Kier molecular flexibility index (Phi) is 7.89. The Morgan fingerprint density at radius 3 is 2.00 bits per heavy atom. The van der Waals surface area contributed by atoms with Crippen molar-refractivity contribution in [3.63, 3.8) is 0 Å². The summed E-state index contributed by atoms with van der Waals surface area (Å²) in [5.41, 5.74) is -2.26. The SMILES string of the molecule is O=C(NC(Cc1ccccc1)(c1ccc(F)cc1)c1cc(F)cc(OC(F)(F)C(F)F)c1)N1CC(F)(F)C(F)(F)C1. The van der Waals surface area contributed by atoms with E-state index in [4.69, 9.17) is 0 Å². The number of carbonyl (C=O) groups excluding carboxylic acids is 1. The fourth-order valence-electron chi connectivity index (χ4n) is 4.44. The molecular formula is C27H20F10N2O2. The van der Waals surface area contributed by atoms with Crippen LogP contribution in [0.25, 0.3) is 0 Å². The number of benzene rings is 3. The first-order valence-corrected chi connectivity index (χ1v) is 11.8. The number of amides is 2. The molecule has 0 aliphatic carbocycles. The highest BCUT2D eigenvalue weighted by Gasteiger charge is 2.64. The minimum Gasteiger partial charge on any atom is -0.428 e. The average Bonchev–Trinajstić information content (AvgIpc) is 3.10. The molecule has 1 saturated heterocycles. The highest BCUT2D eigenvalue weighted by atomic mass is 19.3. The molecular weight excluding hydrogens is 574 g/mol. The third-order valence-electron chi connectivity index (χ3n) is 6.44. The summed E-state index contributed by atoms with van der Waals surface area (Å²) in [6.45, 7) is -3.37. The van der Waals surface area contributed by atoms with E-state index in [0.29, 0.717) is 23.8 Å². The van der Waals surface area contributed by atoms with Crippen LogP contribution in [0.2, 0.25) is 0 Å². The van der Waals surface area contributed by atoms with E-state index in [1.165, 1.54) is 12.1 Å². The van der Waals surface area contributed by atoms with Gasteiger partial charge in [-0.2, -0.15) is 35.1 Å². The number of carbonyl (C=O) groups is 1. The lowest BCUT2D eigenvalue weighted by molar-refractivity contribution is -0.253. The number of rotatable bonds is 8. The van der Waals surface area contributed by atoms with Gasteiger partial charge in [-0.1, -0.05) is 42.5 Å². The fourth-order valence-corrected chi connectivity index (χ4v) is 4.44. The van der Waals surface area contributed by atoms with Gasteiger partial charge in [0.2, 0.25) is 0 Å². The fraction of sp³-hybridized carbons (Fsp3) is 0.296. The lowest BCUT2D eigenvalue weighted by atomic mass is 9.77. The number of ether oxygens (including phenoxy) is 1. The number of likely N-dealkylation sites (tertiary alicyclic amines) is 1. The molecule has 4 rings (SSSR count). The molecule has 1 aliphatic rings. The lowest BCUT2D eigenvalue weighted by Gasteiger charge is -2.38. The smallest absolute Gasteiger partial charge is 0.428 e. The van der Waals surface area contributed by atoms with Crippen LogP contribution in [0.3, 0.4) is 0 Å². The summed E-state index contributed by atoms with van der Waals surface area (Å²) < 4.78 is 141. The Morgan fingerprint density at radius 2 is 1.44 bits per heavy atom. The average molecular weight is 594 g/mol. The zero-order valence-corrected chi connectivity index (χ0v) is 20.7. The largest absolute Gasteiger partial charge is 0.461 e. The highest BCUT2D eigenvalue weighted by molar-refractivity contribution is 5.77. The third-order valence-corrected chi connectivity index (χ3v) is 6.44. The van der Waals surface area contributed by atoms with Gasteiger partial charge in [-0.05, 0) is 41.0 Å². The molecule has 0 saturated carbocycles. The molecule has 14 heteroatoms. The molecule has 0 radical (unpaired) electrons. The molecule has 3 aromatic rings. The molecule has 4 nitrogen and oxygen atoms in total. The molecule has 41 heavy (non-hydrogen) atoms. The van der Waals surface area contributed by atoms with Crippen molar-refractivity contribution in [3.8, 4) is 5.75 Å². The Hall–Kier alpha value is -3.97. The maximum absolute atomic E-state index is 14.8. The Labute approximate surface area is 226 Å². The summed E-state index contributed by atoms with van der Waals surface area (Å²) in [6.07, 6.45) is -9.75. The van der Waals surface area contributed by atoms with Crippen LogP contribution >= 0.6 is 0 Å². The molecule has 1 aliphatic heterocycles. The van der Waals surface area contributed by atoms with E-state index in [2.05, 4.69) is 10.1 Å². The molecule has 0 bridgehead atoms. The predicted octanol–water partition coefficient (Wildman–Crippen LogP) is 6.98. The van der Waals surface area contributed by atoms with E-state index in [1.807, 2.05) is 0 Å². The zero-order valence-electron chi connectivity index (χ0n) is 20.7. The number of nitrogens with one attached hydrogen (secondary N) is 1. The van der Waals surface area contributed by atoms with Crippen molar-refractivity contribution in [2.75, 3.05) is 13.1 Å². The van der Waals surface area contributed by atoms with Crippen LogP contribution in [0, 0.1) is 11.6 Å². The summed E-state index contributed by atoms with van der Waals surface area (Å²) in [5.74, 6) is -12.3. The normalized spacial score (nSPS) is 17.8. The molecule has 1 N–H and O–H groups in total. The molecule has 0 aromatic heterocycles. The van der Waals surface area contributed by atoms with Crippen molar-refractivity contribution < 1.29 is 53.4 Å². The molecule has 0 spiro atoms. The van der Waals surface area contributed by atoms with Gasteiger partial charge in [0.15, 0.2) is 0 Å². The second kappa shape index (κ2) is 10.8. The van der Waals surface area contributed by atoms with Gasteiger partial charge in [0.05, 0.1) is 18.6 Å². The van der Waals surface area contributed by atoms with Gasteiger partial charge in [-0.15, -0.1) is 0 Å². The maximum Gasteiger partial charge on any atom is 0.461 e. The van der Waals surface area contributed by atoms with Crippen molar-refractivity contribution in [1.82, 2.24) is 10.2 Å². The van der Waals surface area contributed by atoms with E-state index < -0.39 is 72.0 Å². The number of nitrogens with zero attached hydrogens (tertiary/aromatic N) is 1. The van der Waals surface area contributed by atoms with Gasteiger partial charge in [-0.25, -0.2) is 13.6 Å². The zero-order chi connectivity index (χ0) is 30.2. The van der Waals surface area contributed by atoms with Gasteiger partial charge < -0.3 is 15.0 Å².